The van der Waals surface area contributed by atoms with Crippen LogP contribution in [-0.4, -0.2) is 5.78 Å². The Labute approximate surface area is 119 Å². The number of rotatable bonds is 3. The van der Waals surface area contributed by atoms with E-state index in [-0.39, 0.29) is 11.3 Å². The molecule has 0 aliphatic carbocycles. The van der Waals surface area contributed by atoms with Crippen LogP contribution < -0.4 is 0 Å². The van der Waals surface area contributed by atoms with Gasteiger partial charge in [-0.1, -0.05) is 24.3 Å². The highest BCUT2D eigenvalue weighted by Crippen LogP contribution is 2.20. The lowest BCUT2D eigenvalue weighted by Crippen LogP contribution is -1.93. The third-order valence-corrected chi connectivity index (χ3v) is 3.07. The Morgan fingerprint density at radius 2 is 1.71 bits per heavy atom. The van der Waals surface area contributed by atoms with Crippen molar-refractivity contribution in [1.29, 1.82) is 0 Å². The first-order chi connectivity index (χ1) is 10.1. The van der Waals surface area contributed by atoms with E-state index in [1.165, 1.54) is 6.07 Å². The Hall–Kier alpha value is -2.75. The lowest BCUT2D eigenvalue weighted by molar-refractivity contribution is 0.102. The van der Waals surface area contributed by atoms with Gasteiger partial charge in [0.25, 0.3) is 0 Å². The normalized spacial score (nSPS) is 11.3. The molecule has 2 aromatic carbocycles. The molecule has 0 atom stereocenters. The molecule has 104 valence electrons. The van der Waals surface area contributed by atoms with E-state index in [2.05, 4.69) is 0 Å². The molecule has 0 saturated carbocycles. The third kappa shape index (κ3) is 2.60. The maximum atomic E-state index is 13.4. The number of fused-ring (bicyclic) bond motifs is 1. The van der Waals surface area contributed by atoms with Gasteiger partial charge in [0, 0.05) is 10.9 Å². The summed E-state index contributed by atoms with van der Waals surface area (Å²) in [7, 11) is 0. The first kappa shape index (κ1) is 13.2. The van der Waals surface area contributed by atoms with E-state index in [0.29, 0.717) is 5.58 Å². The average Bonchev–Trinajstić information content (AvgIpc) is 2.90. The fourth-order valence-corrected chi connectivity index (χ4v) is 2.01. The number of hydrogen-bond acceptors (Lipinski definition) is 2. The minimum atomic E-state index is -0.719. The highest BCUT2D eigenvalue weighted by molar-refractivity contribution is 6.06. The van der Waals surface area contributed by atoms with E-state index in [1.807, 2.05) is 12.1 Å². The summed E-state index contributed by atoms with van der Waals surface area (Å²) >= 11 is 0. The molecular formula is C17H10F2O2. The molecule has 0 fully saturated rings. The summed E-state index contributed by atoms with van der Waals surface area (Å²) in [5.41, 5.74) is 0.341. The molecule has 0 radical (unpaired) electrons. The Morgan fingerprint density at radius 1 is 1.00 bits per heavy atom. The number of hydrogen-bond donors (Lipinski definition) is 0. The molecule has 3 aromatic rings. The van der Waals surface area contributed by atoms with Crippen LogP contribution in [0.25, 0.3) is 17.0 Å². The fourth-order valence-electron chi connectivity index (χ4n) is 2.01. The number of benzene rings is 2. The number of carbonyl (C=O) groups excluding carboxylic acids is 1. The van der Waals surface area contributed by atoms with E-state index in [9.17, 15) is 13.6 Å². The molecular weight excluding hydrogens is 274 g/mol. The molecule has 3 rings (SSSR count). The second-order valence-corrected chi connectivity index (χ2v) is 4.48. The van der Waals surface area contributed by atoms with E-state index >= 15 is 0 Å². The van der Waals surface area contributed by atoms with Crippen molar-refractivity contribution < 1.29 is 18.0 Å². The Balaban J connectivity index is 1.90. The quantitative estimate of drug-likeness (QED) is 0.519. The first-order valence-corrected chi connectivity index (χ1v) is 6.30. The van der Waals surface area contributed by atoms with Crippen LogP contribution in [0.1, 0.15) is 16.1 Å². The molecule has 0 bridgehead atoms. The van der Waals surface area contributed by atoms with Gasteiger partial charge in [-0.15, -0.1) is 0 Å². The summed E-state index contributed by atoms with van der Waals surface area (Å²) in [6.07, 6.45) is 2.21. The van der Waals surface area contributed by atoms with Gasteiger partial charge >= 0.3 is 0 Å². The lowest BCUT2D eigenvalue weighted by atomic mass is 10.1. The maximum absolute atomic E-state index is 13.4. The lowest BCUT2D eigenvalue weighted by Gasteiger charge is -1.97. The maximum Gasteiger partial charge on any atom is 0.221 e. The van der Waals surface area contributed by atoms with Gasteiger partial charge in [0.15, 0.2) is 5.76 Å². The van der Waals surface area contributed by atoms with Gasteiger partial charge in [-0.2, -0.15) is 0 Å². The molecule has 0 N–H and O–H groups in total. The molecule has 0 saturated heterocycles. The Morgan fingerprint density at radius 3 is 2.43 bits per heavy atom. The van der Waals surface area contributed by atoms with Crippen molar-refractivity contribution in [2.75, 3.05) is 0 Å². The highest BCUT2D eigenvalue weighted by Gasteiger charge is 2.10. The van der Waals surface area contributed by atoms with Crippen molar-refractivity contribution in [3.05, 3.63) is 77.6 Å². The highest BCUT2D eigenvalue weighted by atomic mass is 19.1. The number of furan rings is 1. The number of allylic oxidation sites excluding steroid dienone is 1. The van der Waals surface area contributed by atoms with Gasteiger partial charge in [-0.05, 0) is 36.4 Å². The molecule has 0 spiro atoms. The standard InChI is InChI=1S/C17H10F2O2/c18-13-5-3-6-14(19)12(13)8-9-15(20)17-10-11-4-1-2-7-16(11)21-17/h1-10H/b9-8+. The van der Waals surface area contributed by atoms with E-state index in [4.69, 9.17) is 4.42 Å². The van der Waals surface area contributed by atoms with Crippen molar-refractivity contribution in [2.24, 2.45) is 0 Å². The molecule has 4 heteroatoms. The SMILES string of the molecule is O=C(/C=C/c1c(F)cccc1F)c1cc2ccccc2o1. The fraction of sp³-hybridized carbons (Fsp3) is 0. The molecule has 1 heterocycles. The van der Waals surface area contributed by atoms with Gasteiger partial charge in [0.1, 0.15) is 17.2 Å². The van der Waals surface area contributed by atoms with Crippen LogP contribution in [0, 0.1) is 11.6 Å². The summed E-state index contributed by atoms with van der Waals surface area (Å²) in [4.78, 5) is 12.0. The summed E-state index contributed by atoms with van der Waals surface area (Å²) in [5.74, 6) is -1.76. The van der Waals surface area contributed by atoms with Crippen molar-refractivity contribution in [1.82, 2.24) is 0 Å². The van der Waals surface area contributed by atoms with Crippen LogP contribution in [0.4, 0.5) is 8.78 Å². The minimum Gasteiger partial charge on any atom is -0.453 e. The van der Waals surface area contributed by atoms with Crippen LogP contribution in [0.5, 0.6) is 0 Å². The number of carbonyl (C=O) groups is 1. The van der Waals surface area contributed by atoms with Crippen LogP contribution >= 0.6 is 0 Å². The molecule has 2 nitrogen and oxygen atoms in total. The summed E-state index contributed by atoms with van der Waals surface area (Å²) < 4.78 is 32.3. The van der Waals surface area contributed by atoms with Gasteiger partial charge in [0.2, 0.25) is 5.78 Å². The zero-order valence-electron chi connectivity index (χ0n) is 10.8. The minimum absolute atomic E-state index is 0.129. The molecule has 21 heavy (non-hydrogen) atoms. The van der Waals surface area contributed by atoms with Crippen LogP contribution in [0.2, 0.25) is 0 Å². The summed E-state index contributed by atoms with van der Waals surface area (Å²) in [6.45, 7) is 0. The van der Waals surface area contributed by atoms with Crippen LogP contribution in [0.15, 0.2) is 59.0 Å². The zero-order valence-corrected chi connectivity index (χ0v) is 10.8. The van der Waals surface area contributed by atoms with Gasteiger partial charge in [0.05, 0.1) is 0 Å². The molecule has 0 aliphatic rings. The largest absolute Gasteiger partial charge is 0.453 e. The second-order valence-electron chi connectivity index (χ2n) is 4.48. The predicted molar refractivity (Wildman–Crippen MR) is 75.9 cm³/mol. The number of ketones is 1. The van der Waals surface area contributed by atoms with E-state index in [1.54, 1.807) is 18.2 Å². The molecule has 0 amide bonds. The average molecular weight is 284 g/mol. The van der Waals surface area contributed by atoms with Gasteiger partial charge < -0.3 is 4.42 Å². The molecule has 1 aromatic heterocycles. The van der Waals surface area contributed by atoms with Crippen molar-refractivity contribution in [2.45, 2.75) is 0 Å². The summed E-state index contributed by atoms with van der Waals surface area (Å²) in [6, 6.07) is 12.3. The third-order valence-electron chi connectivity index (χ3n) is 3.07. The second kappa shape index (κ2) is 5.32. The molecule has 0 unspecified atom stereocenters. The summed E-state index contributed by atoms with van der Waals surface area (Å²) in [5, 5.41) is 0.798. The van der Waals surface area contributed by atoms with Crippen LogP contribution in [-0.2, 0) is 0 Å². The van der Waals surface area contributed by atoms with Crippen molar-refractivity contribution in [3.63, 3.8) is 0 Å². The van der Waals surface area contributed by atoms with Crippen molar-refractivity contribution >= 4 is 22.8 Å². The van der Waals surface area contributed by atoms with E-state index in [0.717, 1.165) is 29.7 Å². The number of halogens is 2. The first-order valence-electron chi connectivity index (χ1n) is 6.30. The monoisotopic (exact) mass is 284 g/mol. The van der Waals surface area contributed by atoms with Crippen LogP contribution in [0.3, 0.4) is 0 Å². The Kier molecular flexibility index (Phi) is 3.36. The predicted octanol–water partition coefficient (Wildman–Crippen LogP) is 4.61. The number of para-hydroxylation sites is 1. The zero-order chi connectivity index (χ0) is 14.8. The van der Waals surface area contributed by atoms with Crippen molar-refractivity contribution in [3.8, 4) is 0 Å². The molecule has 0 aliphatic heterocycles. The van der Waals surface area contributed by atoms with E-state index < -0.39 is 17.4 Å². The van der Waals surface area contributed by atoms with Gasteiger partial charge in [-0.3, -0.25) is 4.79 Å². The Bertz CT molecular complexity index is 794. The smallest absolute Gasteiger partial charge is 0.221 e. The topological polar surface area (TPSA) is 30.2 Å². The van der Waals surface area contributed by atoms with Gasteiger partial charge in [-0.25, -0.2) is 8.78 Å².